The highest BCUT2D eigenvalue weighted by atomic mass is 16.4. The van der Waals surface area contributed by atoms with Crippen molar-refractivity contribution in [3.8, 4) is 5.69 Å². The number of carbonyl (C=O) groups is 3. The number of carboxylic acids is 1. The summed E-state index contributed by atoms with van der Waals surface area (Å²) in [6.07, 6.45) is 1.72. The average Bonchev–Trinajstić information content (AvgIpc) is 3.22. The molecule has 130 valence electrons. The van der Waals surface area contributed by atoms with E-state index < -0.39 is 11.9 Å². The highest BCUT2D eigenvalue weighted by molar-refractivity contribution is 5.98. The first-order chi connectivity index (χ1) is 12.0. The summed E-state index contributed by atoms with van der Waals surface area (Å²) in [5, 5.41) is 15.8. The second-order valence-corrected chi connectivity index (χ2v) is 5.79. The lowest BCUT2D eigenvalue weighted by Gasteiger charge is -2.15. The second-order valence-electron chi connectivity index (χ2n) is 5.79. The molecule has 8 nitrogen and oxygen atoms in total. The number of benzene rings is 1. The molecule has 8 heteroatoms. The van der Waals surface area contributed by atoms with Crippen LogP contribution in [0.2, 0.25) is 0 Å². The number of para-hydroxylation sites is 2. The molecule has 1 aliphatic heterocycles. The molecule has 1 aliphatic rings. The molecule has 1 aromatic heterocycles. The Balaban J connectivity index is 1.80. The molecule has 25 heavy (non-hydrogen) atoms. The van der Waals surface area contributed by atoms with Crippen molar-refractivity contribution < 1.29 is 19.5 Å². The maximum Gasteiger partial charge on any atom is 0.356 e. The molecular formula is C17H18N4O4. The molecule has 3 rings (SSSR count). The van der Waals surface area contributed by atoms with Gasteiger partial charge in [-0.25, -0.2) is 9.48 Å². The van der Waals surface area contributed by atoms with Crippen molar-refractivity contribution in [1.29, 1.82) is 0 Å². The van der Waals surface area contributed by atoms with Gasteiger partial charge in [-0.3, -0.25) is 9.59 Å². The summed E-state index contributed by atoms with van der Waals surface area (Å²) in [5.74, 6) is -1.77. The Kier molecular flexibility index (Phi) is 4.51. The molecule has 1 atom stereocenters. The molecule has 0 aliphatic carbocycles. The van der Waals surface area contributed by atoms with Crippen LogP contribution in [0.25, 0.3) is 5.69 Å². The van der Waals surface area contributed by atoms with E-state index in [0.717, 1.165) is 0 Å². The van der Waals surface area contributed by atoms with Crippen LogP contribution in [0.15, 0.2) is 36.5 Å². The van der Waals surface area contributed by atoms with Crippen LogP contribution in [0, 0.1) is 5.92 Å². The average molecular weight is 342 g/mol. The van der Waals surface area contributed by atoms with Gasteiger partial charge in [0.25, 0.3) is 0 Å². The lowest BCUT2D eigenvalue weighted by atomic mass is 10.1. The Morgan fingerprint density at radius 1 is 1.32 bits per heavy atom. The molecule has 0 radical (unpaired) electrons. The second kappa shape index (κ2) is 6.76. The minimum atomic E-state index is -1.12. The summed E-state index contributed by atoms with van der Waals surface area (Å²) in [7, 11) is 0. The zero-order valence-electron chi connectivity index (χ0n) is 13.7. The minimum Gasteiger partial charge on any atom is -0.476 e. The smallest absolute Gasteiger partial charge is 0.356 e. The number of amides is 2. The number of hydrogen-bond acceptors (Lipinski definition) is 4. The zero-order valence-corrected chi connectivity index (χ0v) is 13.7. The Morgan fingerprint density at radius 2 is 2.08 bits per heavy atom. The third-order valence-electron chi connectivity index (χ3n) is 4.18. The number of rotatable bonds is 5. The van der Waals surface area contributed by atoms with Gasteiger partial charge in [0.1, 0.15) is 0 Å². The Morgan fingerprint density at radius 3 is 2.72 bits per heavy atom. The number of anilines is 1. The van der Waals surface area contributed by atoms with Crippen molar-refractivity contribution in [1.82, 2.24) is 14.7 Å². The van der Waals surface area contributed by atoms with Gasteiger partial charge in [-0.15, -0.1) is 0 Å². The zero-order chi connectivity index (χ0) is 18.0. The number of hydrogen-bond donors (Lipinski definition) is 2. The van der Waals surface area contributed by atoms with Gasteiger partial charge in [-0.2, -0.15) is 5.10 Å². The topological polar surface area (TPSA) is 105 Å². The fraction of sp³-hybridized carbons (Fsp3) is 0.294. The van der Waals surface area contributed by atoms with Gasteiger partial charge in [-0.1, -0.05) is 12.1 Å². The SMILES string of the molecule is CCN1CC(C(=O)Nc2ccccc2-n2ccc(C(=O)O)n2)CC1=O. The van der Waals surface area contributed by atoms with Gasteiger partial charge >= 0.3 is 5.97 Å². The van der Waals surface area contributed by atoms with Crippen molar-refractivity contribution in [3.05, 3.63) is 42.2 Å². The number of nitrogens with zero attached hydrogens (tertiary/aromatic N) is 3. The maximum atomic E-state index is 12.5. The number of aromatic nitrogens is 2. The molecule has 1 unspecified atom stereocenters. The number of carbonyl (C=O) groups excluding carboxylic acids is 2. The Labute approximate surface area is 144 Å². The normalized spacial score (nSPS) is 16.9. The molecular weight excluding hydrogens is 324 g/mol. The molecule has 1 saturated heterocycles. The van der Waals surface area contributed by atoms with Crippen LogP contribution >= 0.6 is 0 Å². The van der Waals surface area contributed by atoms with Crippen molar-refractivity contribution >= 4 is 23.5 Å². The molecule has 2 N–H and O–H groups in total. The summed E-state index contributed by atoms with van der Waals surface area (Å²) < 4.78 is 1.40. The first-order valence-corrected chi connectivity index (χ1v) is 7.96. The largest absolute Gasteiger partial charge is 0.476 e. The summed E-state index contributed by atoms with van der Waals surface area (Å²) in [4.78, 5) is 37.0. The van der Waals surface area contributed by atoms with Crippen molar-refractivity contribution in [2.24, 2.45) is 5.92 Å². The van der Waals surface area contributed by atoms with Crippen LogP contribution in [0.4, 0.5) is 5.69 Å². The van der Waals surface area contributed by atoms with Gasteiger partial charge < -0.3 is 15.3 Å². The highest BCUT2D eigenvalue weighted by Gasteiger charge is 2.33. The molecule has 1 fully saturated rings. The maximum absolute atomic E-state index is 12.5. The van der Waals surface area contributed by atoms with Crippen LogP contribution < -0.4 is 5.32 Å². The third kappa shape index (κ3) is 3.37. The summed E-state index contributed by atoms with van der Waals surface area (Å²) in [6.45, 7) is 2.88. The third-order valence-corrected chi connectivity index (χ3v) is 4.18. The van der Waals surface area contributed by atoms with Crippen LogP contribution in [0.5, 0.6) is 0 Å². The van der Waals surface area contributed by atoms with Crippen molar-refractivity contribution in [3.63, 3.8) is 0 Å². The van der Waals surface area contributed by atoms with E-state index >= 15 is 0 Å². The molecule has 2 amide bonds. The Bertz CT molecular complexity index is 830. The lowest BCUT2D eigenvalue weighted by Crippen LogP contribution is -2.28. The van der Waals surface area contributed by atoms with Crippen LogP contribution in [-0.2, 0) is 9.59 Å². The number of aromatic carboxylic acids is 1. The monoisotopic (exact) mass is 342 g/mol. The number of nitrogens with one attached hydrogen (secondary N) is 1. The highest BCUT2D eigenvalue weighted by Crippen LogP contribution is 2.23. The fourth-order valence-electron chi connectivity index (χ4n) is 2.84. The van der Waals surface area contributed by atoms with E-state index in [4.69, 9.17) is 5.11 Å². The van der Waals surface area contributed by atoms with Crippen LogP contribution in [-0.4, -0.2) is 50.7 Å². The summed E-state index contributed by atoms with van der Waals surface area (Å²) in [5.41, 5.74) is 0.982. The quantitative estimate of drug-likeness (QED) is 0.854. The molecule has 1 aromatic carbocycles. The number of likely N-dealkylation sites (tertiary alicyclic amines) is 1. The van der Waals surface area contributed by atoms with E-state index in [1.54, 1.807) is 29.2 Å². The lowest BCUT2D eigenvalue weighted by molar-refractivity contribution is -0.128. The summed E-state index contributed by atoms with van der Waals surface area (Å²) in [6, 6.07) is 8.36. The predicted octanol–water partition coefficient (Wildman–Crippen LogP) is 1.38. The Hall–Kier alpha value is -3.16. The minimum absolute atomic E-state index is 0.0193. The molecule has 2 aromatic rings. The van der Waals surface area contributed by atoms with Crippen LogP contribution in [0.3, 0.4) is 0 Å². The van der Waals surface area contributed by atoms with E-state index in [0.29, 0.717) is 24.5 Å². The van der Waals surface area contributed by atoms with Gasteiger partial charge in [0.15, 0.2) is 5.69 Å². The molecule has 0 saturated carbocycles. The first-order valence-electron chi connectivity index (χ1n) is 7.96. The van der Waals surface area contributed by atoms with Gasteiger partial charge in [0, 0.05) is 25.7 Å². The van der Waals surface area contributed by atoms with E-state index in [9.17, 15) is 14.4 Å². The van der Waals surface area contributed by atoms with Crippen molar-refractivity contribution in [2.75, 3.05) is 18.4 Å². The van der Waals surface area contributed by atoms with Crippen LogP contribution in [0.1, 0.15) is 23.8 Å². The standard InChI is InChI=1S/C17H18N4O4/c1-2-20-10-11(9-15(20)22)16(23)18-12-5-3-4-6-14(12)21-8-7-13(19-21)17(24)25/h3-8,11H,2,9-10H2,1H3,(H,18,23)(H,24,25). The first kappa shape index (κ1) is 16.7. The molecule has 2 heterocycles. The van der Waals surface area contributed by atoms with Crippen molar-refractivity contribution in [2.45, 2.75) is 13.3 Å². The van der Waals surface area contributed by atoms with Gasteiger partial charge in [0.2, 0.25) is 11.8 Å². The van der Waals surface area contributed by atoms with E-state index in [1.165, 1.54) is 16.9 Å². The fourth-order valence-corrected chi connectivity index (χ4v) is 2.84. The van der Waals surface area contributed by atoms with E-state index in [1.807, 2.05) is 6.92 Å². The van der Waals surface area contributed by atoms with Gasteiger partial charge in [0.05, 0.1) is 17.3 Å². The number of carboxylic acid groups (broad SMARTS) is 1. The molecule has 0 bridgehead atoms. The summed E-state index contributed by atoms with van der Waals surface area (Å²) >= 11 is 0. The molecule has 0 spiro atoms. The van der Waals surface area contributed by atoms with E-state index in [-0.39, 0.29) is 23.9 Å². The van der Waals surface area contributed by atoms with E-state index in [2.05, 4.69) is 10.4 Å². The predicted molar refractivity (Wildman–Crippen MR) is 89.5 cm³/mol. The van der Waals surface area contributed by atoms with Gasteiger partial charge in [-0.05, 0) is 25.1 Å².